The van der Waals surface area contributed by atoms with Gasteiger partial charge in [-0.15, -0.1) is 0 Å². The average molecular weight is 281 g/mol. The molecule has 0 aromatic rings. The predicted octanol–water partition coefficient (Wildman–Crippen LogP) is 0.975. The number of hydrogen-bond acceptors (Lipinski definition) is 3. The Labute approximate surface area is 121 Å². The third-order valence-electron chi connectivity index (χ3n) is 4.56. The van der Waals surface area contributed by atoms with Gasteiger partial charge in [0, 0.05) is 25.6 Å². The first-order valence-corrected chi connectivity index (χ1v) is 7.89. The van der Waals surface area contributed by atoms with Crippen LogP contribution in [0.15, 0.2) is 0 Å². The largest absolute Gasteiger partial charge is 0.338 e. The summed E-state index contributed by atoms with van der Waals surface area (Å²) in [6.45, 7) is 4.44. The summed E-state index contributed by atoms with van der Waals surface area (Å²) >= 11 is 0. The lowest BCUT2D eigenvalue weighted by atomic mass is 10.1. The van der Waals surface area contributed by atoms with Gasteiger partial charge in [-0.3, -0.25) is 9.59 Å². The topological polar surface area (TPSA) is 66.6 Å². The molecule has 0 bridgehead atoms. The van der Waals surface area contributed by atoms with Crippen LogP contribution in [0.1, 0.15) is 45.4 Å². The average Bonchev–Trinajstić information content (AvgIpc) is 2.80. The first-order valence-electron chi connectivity index (χ1n) is 7.89. The zero-order valence-corrected chi connectivity index (χ0v) is 12.5. The van der Waals surface area contributed by atoms with E-state index in [2.05, 4.69) is 6.92 Å². The van der Waals surface area contributed by atoms with E-state index in [1.807, 2.05) is 4.90 Å². The van der Waals surface area contributed by atoms with Crippen LogP contribution in [0.2, 0.25) is 0 Å². The van der Waals surface area contributed by atoms with Crippen molar-refractivity contribution in [1.82, 2.24) is 9.80 Å². The Hall–Kier alpha value is -1.10. The standard InChI is InChI=1S/C15H27N3O2/c1-12-8-13(9-16)10-18(12)15(20)11-17-7-5-3-2-4-6-14(17)19/h12-13H,2-11,16H2,1H3. The molecule has 2 fully saturated rings. The van der Waals surface area contributed by atoms with E-state index in [1.54, 1.807) is 4.90 Å². The van der Waals surface area contributed by atoms with Crippen molar-refractivity contribution in [2.75, 3.05) is 26.2 Å². The molecule has 0 aromatic carbocycles. The molecule has 2 aliphatic heterocycles. The van der Waals surface area contributed by atoms with E-state index in [4.69, 9.17) is 5.73 Å². The second kappa shape index (κ2) is 7.07. The Kier molecular flexibility index (Phi) is 5.40. The zero-order valence-electron chi connectivity index (χ0n) is 12.5. The molecule has 0 spiro atoms. The number of nitrogens with two attached hydrogens (primary N) is 1. The van der Waals surface area contributed by atoms with Gasteiger partial charge in [-0.2, -0.15) is 0 Å². The Bertz CT molecular complexity index is 359. The van der Waals surface area contributed by atoms with Gasteiger partial charge in [0.1, 0.15) is 0 Å². The third-order valence-corrected chi connectivity index (χ3v) is 4.56. The summed E-state index contributed by atoms with van der Waals surface area (Å²) < 4.78 is 0. The van der Waals surface area contributed by atoms with Gasteiger partial charge in [-0.05, 0) is 38.6 Å². The molecule has 114 valence electrons. The summed E-state index contributed by atoms with van der Waals surface area (Å²) in [5, 5.41) is 0. The summed E-state index contributed by atoms with van der Waals surface area (Å²) in [6, 6.07) is 0.251. The fourth-order valence-electron chi connectivity index (χ4n) is 3.30. The maximum absolute atomic E-state index is 12.4. The van der Waals surface area contributed by atoms with Crippen molar-refractivity contribution < 1.29 is 9.59 Å². The fourth-order valence-corrected chi connectivity index (χ4v) is 3.30. The van der Waals surface area contributed by atoms with Gasteiger partial charge < -0.3 is 15.5 Å². The molecule has 2 unspecified atom stereocenters. The van der Waals surface area contributed by atoms with Crippen LogP contribution in [0.25, 0.3) is 0 Å². The van der Waals surface area contributed by atoms with Crippen LogP contribution in [0.5, 0.6) is 0 Å². The summed E-state index contributed by atoms with van der Waals surface area (Å²) in [5.41, 5.74) is 5.70. The quantitative estimate of drug-likeness (QED) is 0.838. The summed E-state index contributed by atoms with van der Waals surface area (Å²) in [6.07, 6.45) is 5.84. The molecule has 0 aliphatic carbocycles. The molecule has 2 rings (SSSR count). The fraction of sp³-hybridized carbons (Fsp3) is 0.867. The number of carbonyl (C=O) groups is 2. The second-order valence-electron chi connectivity index (χ2n) is 6.21. The minimum Gasteiger partial charge on any atom is -0.338 e. The number of rotatable bonds is 3. The highest BCUT2D eigenvalue weighted by Gasteiger charge is 2.32. The molecule has 2 saturated heterocycles. The minimum absolute atomic E-state index is 0.0855. The molecule has 5 nitrogen and oxygen atoms in total. The van der Waals surface area contributed by atoms with Gasteiger partial charge in [0.25, 0.3) is 0 Å². The monoisotopic (exact) mass is 281 g/mol. The second-order valence-corrected chi connectivity index (χ2v) is 6.21. The Morgan fingerprint density at radius 3 is 2.75 bits per heavy atom. The van der Waals surface area contributed by atoms with E-state index in [0.717, 1.165) is 45.2 Å². The summed E-state index contributed by atoms with van der Waals surface area (Å²) in [4.78, 5) is 28.1. The third kappa shape index (κ3) is 3.72. The SMILES string of the molecule is CC1CC(CN)CN1C(=O)CN1CCCCCCC1=O. The van der Waals surface area contributed by atoms with Crippen LogP contribution in [0.4, 0.5) is 0 Å². The van der Waals surface area contributed by atoms with Crippen molar-refractivity contribution in [3.8, 4) is 0 Å². The van der Waals surface area contributed by atoms with Crippen LogP contribution in [-0.2, 0) is 9.59 Å². The van der Waals surface area contributed by atoms with Crippen LogP contribution < -0.4 is 5.73 Å². The van der Waals surface area contributed by atoms with Crippen molar-refractivity contribution >= 4 is 11.8 Å². The van der Waals surface area contributed by atoms with Crippen LogP contribution >= 0.6 is 0 Å². The smallest absolute Gasteiger partial charge is 0.242 e. The summed E-state index contributed by atoms with van der Waals surface area (Å²) in [7, 11) is 0. The molecule has 0 aromatic heterocycles. The Morgan fingerprint density at radius 2 is 2.05 bits per heavy atom. The number of hydrogen-bond donors (Lipinski definition) is 1. The molecule has 2 N–H and O–H groups in total. The first-order chi connectivity index (χ1) is 9.61. The lowest BCUT2D eigenvalue weighted by molar-refractivity contribution is -0.141. The summed E-state index contributed by atoms with van der Waals surface area (Å²) in [5.74, 6) is 0.639. The van der Waals surface area contributed by atoms with Crippen molar-refractivity contribution in [2.24, 2.45) is 11.7 Å². The van der Waals surface area contributed by atoms with E-state index in [-0.39, 0.29) is 24.4 Å². The zero-order chi connectivity index (χ0) is 14.5. The number of amides is 2. The van der Waals surface area contributed by atoms with E-state index in [1.165, 1.54) is 0 Å². The van der Waals surface area contributed by atoms with Crippen LogP contribution in [0.3, 0.4) is 0 Å². The molecule has 0 saturated carbocycles. The minimum atomic E-state index is 0.0855. The van der Waals surface area contributed by atoms with Gasteiger partial charge in [0.2, 0.25) is 11.8 Å². The lowest BCUT2D eigenvalue weighted by Gasteiger charge is -2.28. The molecular formula is C15H27N3O2. The van der Waals surface area contributed by atoms with Gasteiger partial charge in [-0.25, -0.2) is 0 Å². The van der Waals surface area contributed by atoms with Crippen molar-refractivity contribution in [3.05, 3.63) is 0 Å². The Balaban J connectivity index is 1.90. The normalized spacial score (nSPS) is 28.4. The Morgan fingerprint density at radius 1 is 1.30 bits per heavy atom. The maximum atomic E-state index is 12.4. The molecule has 0 radical (unpaired) electrons. The number of likely N-dealkylation sites (tertiary alicyclic amines) is 2. The van der Waals surface area contributed by atoms with E-state index >= 15 is 0 Å². The van der Waals surface area contributed by atoms with Crippen molar-refractivity contribution in [3.63, 3.8) is 0 Å². The molecular weight excluding hydrogens is 254 g/mol. The molecule has 2 amide bonds. The van der Waals surface area contributed by atoms with E-state index in [9.17, 15) is 9.59 Å². The highest BCUT2D eigenvalue weighted by Crippen LogP contribution is 2.22. The maximum Gasteiger partial charge on any atom is 0.242 e. The molecule has 20 heavy (non-hydrogen) atoms. The number of nitrogens with zero attached hydrogens (tertiary/aromatic N) is 2. The van der Waals surface area contributed by atoms with Gasteiger partial charge in [0.15, 0.2) is 0 Å². The van der Waals surface area contributed by atoms with Gasteiger partial charge in [0.05, 0.1) is 6.54 Å². The van der Waals surface area contributed by atoms with E-state index in [0.29, 0.717) is 18.9 Å². The van der Waals surface area contributed by atoms with Crippen LogP contribution in [-0.4, -0.2) is 53.8 Å². The first kappa shape index (κ1) is 15.3. The van der Waals surface area contributed by atoms with Crippen molar-refractivity contribution in [2.45, 2.75) is 51.5 Å². The predicted molar refractivity (Wildman–Crippen MR) is 78.0 cm³/mol. The molecule has 2 atom stereocenters. The molecule has 2 heterocycles. The molecule has 2 aliphatic rings. The van der Waals surface area contributed by atoms with Crippen LogP contribution in [0, 0.1) is 5.92 Å². The van der Waals surface area contributed by atoms with Gasteiger partial charge >= 0.3 is 0 Å². The van der Waals surface area contributed by atoms with E-state index < -0.39 is 0 Å². The lowest BCUT2D eigenvalue weighted by Crippen LogP contribution is -2.45. The molecule has 5 heteroatoms. The van der Waals surface area contributed by atoms with Crippen molar-refractivity contribution in [1.29, 1.82) is 0 Å². The highest BCUT2D eigenvalue weighted by molar-refractivity contribution is 5.85. The van der Waals surface area contributed by atoms with Gasteiger partial charge in [-0.1, -0.05) is 12.8 Å². The number of carbonyl (C=O) groups excluding carboxylic acids is 2. The highest BCUT2D eigenvalue weighted by atomic mass is 16.2.